The Bertz CT molecular complexity index is 485. The van der Waals surface area contributed by atoms with Gasteiger partial charge in [-0.3, -0.25) is 0 Å². The highest BCUT2D eigenvalue weighted by atomic mass is 79.9. The van der Waals surface area contributed by atoms with Crippen molar-refractivity contribution in [3.8, 4) is 0 Å². The van der Waals surface area contributed by atoms with Crippen molar-refractivity contribution in [1.29, 1.82) is 0 Å². The number of nitrogens with one attached hydrogen (secondary N) is 1. The monoisotopic (exact) mass is 311 g/mol. The number of hydrogen-bond acceptors (Lipinski definition) is 4. The summed E-state index contributed by atoms with van der Waals surface area (Å²) >= 11 is 5.09. The molecule has 0 saturated carbocycles. The molecule has 0 aliphatic heterocycles. The zero-order valence-corrected chi connectivity index (χ0v) is 12.2. The summed E-state index contributed by atoms with van der Waals surface area (Å²) in [5.41, 5.74) is 1.13. The number of aromatic nitrogens is 2. The first-order valence-corrected chi connectivity index (χ1v) is 7.16. The van der Waals surface area contributed by atoms with Crippen LogP contribution in [0.2, 0.25) is 0 Å². The van der Waals surface area contributed by atoms with E-state index in [1.165, 1.54) is 0 Å². The Morgan fingerprint density at radius 2 is 2.29 bits per heavy atom. The summed E-state index contributed by atoms with van der Waals surface area (Å²) in [5, 5.41) is 6.55. The SMILES string of the molecule is CCC(Nc1ncc(Br)cc1C)c1nccs1. The first-order valence-electron chi connectivity index (χ1n) is 5.48. The number of thiazole rings is 1. The average Bonchev–Trinajstić information content (AvgIpc) is 2.81. The highest BCUT2D eigenvalue weighted by Gasteiger charge is 2.13. The third-order valence-corrected chi connectivity index (χ3v) is 3.84. The number of anilines is 1. The predicted octanol–water partition coefficient (Wildman–Crippen LogP) is 4.17. The minimum absolute atomic E-state index is 0.238. The predicted molar refractivity (Wildman–Crippen MR) is 75.4 cm³/mol. The van der Waals surface area contributed by atoms with Crippen molar-refractivity contribution >= 4 is 33.1 Å². The van der Waals surface area contributed by atoms with Crippen molar-refractivity contribution in [2.45, 2.75) is 26.3 Å². The van der Waals surface area contributed by atoms with Crippen LogP contribution in [0.25, 0.3) is 0 Å². The topological polar surface area (TPSA) is 37.8 Å². The van der Waals surface area contributed by atoms with Crippen LogP contribution in [-0.4, -0.2) is 9.97 Å². The Balaban J connectivity index is 2.19. The molecule has 5 heteroatoms. The zero-order chi connectivity index (χ0) is 12.3. The fourth-order valence-corrected chi connectivity index (χ4v) is 2.82. The molecule has 0 radical (unpaired) electrons. The second kappa shape index (κ2) is 5.60. The van der Waals surface area contributed by atoms with Crippen molar-refractivity contribution in [3.63, 3.8) is 0 Å². The van der Waals surface area contributed by atoms with Crippen molar-refractivity contribution in [2.75, 3.05) is 5.32 Å². The molecule has 2 aromatic heterocycles. The van der Waals surface area contributed by atoms with Crippen LogP contribution >= 0.6 is 27.3 Å². The van der Waals surface area contributed by atoms with Crippen LogP contribution in [0, 0.1) is 6.92 Å². The van der Waals surface area contributed by atoms with E-state index in [4.69, 9.17) is 0 Å². The molecule has 0 fully saturated rings. The third-order valence-electron chi connectivity index (χ3n) is 2.51. The minimum Gasteiger partial charge on any atom is -0.361 e. The summed E-state index contributed by atoms with van der Waals surface area (Å²) in [7, 11) is 0. The van der Waals surface area contributed by atoms with E-state index in [-0.39, 0.29) is 6.04 Å². The molecule has 2 rings (SSSR count). The van der Waals surface area contributed by atoms with Gasteiger partial charge in [0.15, 0.2) is 0 Å². The molecule has 1 unspecified atom stereocenters. The molecular weight excluding hydrogens is 298 g/mol. The fourth-order valence-electron chi connectivity index (χ4n) is 1.60. The standard InChI is InChI=1S/C12H14BrN3S/c1-3-10(12-14-4-5-17-12)16-11-8(2)6-9(13)7-15-11/h4-7,10H,3H2,1-2H3,(H,15,16). The van der Waals surface area contributed by atoms with Gasteiger partial charge in [0.25, 0.3) is 0 Å². The number of rotatable bonds is 4. The molecule has 0 aliphatic rings. The van der Waals surface area contributed by atoms with Crippen LogP contribution in [0.4, 0.5) is 5.82 Å². The van der Waals surface area contributed by atoms with Gasteiger partial charge >= 0.3 is 0 Å². The van der Waals surface area contributed by atoms with Crippen molar-refractivity contribution < 1.29 is 0 Å². The maximum absolute atomic E-state index is 4.39. The molecule has 17 heavy (non-hydrogen) atoms. The van der Waals surface area contributed by atoms with Crippen LogP contribution in [0.15, 0.2) is 28.3 Å². The Morgan fingerprint density at radius 1 is 1.47 bits per heavy atom. The molecule has 2 aromatic rings. The average molecular weight is 312 g/mol. The maximum atomic E-state index is 4.39. The van der Waals surface area contributed by atoms with E-state index < -0.39 is 0 Å². The van der Waals surface area contributed by atoms with Crippen LogP contribution in [0.1, 0.15) is 30.0 Å². The lowest BCUT2D eigenvalue weighted by molar-refractivity contribution is 0.736. The van der Waals surface area contributed by atoms with Gasteiger partial charge in [-0.1, -0.05) is 6.92 Å². The van der Waals surface area contributed by atoms with E-state index in [2.05, 4.69) is 51.1 Å². The third kappa shape index (κ3) is 3.04. The number of aryl methyl sites for hydroxylation is 1. The van der Waals surface area contributed by atoms with Gasteiger partial charge in [-0.25, -0.2) is 9.97 Å². The van der Waals surface area contributed by atoms with Gasteiger partial charge in [-0.2, -0.15) is 0 Å². The second-order valence-electron chi connectivity index (χ2n) is 3.79. The summed E-state index contributed by atoms with van der Waals surface area (Å²) in [6, 6.07) is 2.30. The molecule has 0 aliphatic carbocycles. The summed E-state index contributed by atoms with van der Waals surface area (Å²) in [4.78, 5) is 8.74. The molecule has 0 aromatic carbocycles. The van der Waals surface area contributed by atoms with Crippen LogP contribution < -0.4 is 5.32 Å². The van der Waals surface area contributed by atoms with Crippen molar-refractivity contribution in [3.05, 3.63) is 38.9 Å². The van der Waals surface area contributed by atoms with Crippen LogP contribution in [0.3, 0.4) is 0 Å². The molecular formula is C12H14BrN3S. The van der Waals surface area contributed by atoms with E-state index >= 15 is 0 Å². The molecule has 1 atom stereocenters. The highest BCUT2D eigenvalue weighted by Crippen LogP contribution is 2.25. The molecule has 2 heterocycles. The second-order valence-corrected chi connectivity index (χ2v) is 5.64. The Kier molecular flexibility index (Phi) is 4.12. The Labute approximate surface area is 113 Å². The minimum atomic E-state index is 0.238. The van der Waals surface area contributed by atoms with Gasteiger partial charge in [0.1, 0.15) is 10.8 Å². The molecule has 0 bridgehead atoms. The smallest absolute Gasteiger partial charge is 0.129 e. The summed E-state index contributed by atoms with van der Waals surface area (Å²) in [5.74, 6) is 0.926. The lowest BCUT2D eigenvalue weighted by atomic mass is 10.2. The first-order chi connectivity index (χ1) is 8.20. The van der Waals surface area contributed by atoms with E-state index in [1.54, 1.807) is 11.3 Å². The zero-order valence-electron chi connectivity index (χ0n) is 9.77. The fraction of sp³-hybridized carbons (Fsp3) is 0.333. The summed E-state index contributed by atoms with van der Waals surface area (Å²) in [6.07, 6.45) is 4.64. The number of nitrogens with zero attached hydrogens (tertiary/aromatic N) is 2. The molecule has 90 valence electrons. The Hall–Kier alpha value is -0.940. The molecule has 0 spiro atoms. The van der Waals surface area contributed by atoms with Gasteiger partial charge in [-0.05, 0) is 40.9 Å². The van der Waals surface area contributed by atoms with E-state index in [0.29, 0.717) is 0 Å². The first kappa shape index (κ1) is 12.5. The van der Waals surface area contributed by atoms with Gasteiger partial charge in [0.2, 0.25) is 0 Å². The normalized spacial score (nSPS) is 12.4. The lowest BCUT2D eigenvalue weighted by Crippen LogP contribution is -2.11. The van der Waals surface area contributed by atoms with E-state index in [1.807, 2.05) is 17.8 Å². The Morgan fingerprint density at radius 3 is 2.88 bits per heavy atom. The van der Waals surface area contributed by atoms with Gasteiger partial charge in [0, 0.05) is 22.2 Å². The molecule has 0 amide bonds. The van der Waals surface area contributed by atoms with Gasteiger partial charge < -0.3 is 5.32 Å². The lowest BCUT2D eigenvalue weighted by Gasteiger charge is -2.16. The summed E-state index contributed by atoms with van der Waals surface area (Å²) in [6.45, 7) is 4.20. The summed E-state index contributed by atoms with van der Waals surface area (Å²) < 4.78 is 1.00. The van der Waals surface area contributed by atoms with Crippen LogP contribution in [-0.2, 0) is 0 Å². The number of halogens is 1. The molecule has 0 saturated heterocycles. The highest BCUT2D eigenvalue weighted by molar-refractivity contribution is 9.10. The number of hydrogen-bond donors (Lipinski definition) is 1. The van der Waals surface area contributed by atoms with Crippen molar-refractivity contribution in [1.82, 2.24) is 9.97 Å². The number of pyridine rings is 1. The van der Waals surface area contributed by atoms with E-state index in [0.717, 1.165) is 27.3 Å². The van der Waals surface area contributed by atoms with Crippen molar-refractivity contribution in [2.24, 2.45) is 0 Å². The van der Waals surface area contributed by atoms with Gasteiger partial charge in [-0.15, -0.1) is 11.3 Å². The quantitative estimate of drug-likeness (QED) is 0.920. The van der Waals surface area contributed by atoms with Gasteiger partial charge in [0.05, 0.1) is 6.04 Å². The van der Waals surface area contributed by atoms with Crippen LogP contribution in [0.5, 0.6) is 0 Å². The largest absolute Gasteiger partial charge is 0.361 e. The van der Waals surface area contributed by atoms with E-state index in [9.17, 15) is 0 Å². The molecule has 1 N–H and O–H groups in total. The maximum Gasteiger partial charge on any atom is 0.129 e. The molecule has 3 nitrogen and oxygen atoms in total.